The first kappa shape index (κ1) is 36.9. The SMILES string of the molecule is CC(C)=O.CC(C)=O.CC(C)=O.CC(C)=O.CC(C)=O.[Zr]. The summed E-state index contributed by atoms with van der Waals surface area (Å²) < 4.78 is 0. The van der Waals surface area contributed by atoms with E-state index in [1.54, 1.807) is 0 Å². The number of ketones is 5. The van der Waals surface area contributed by atoms with Gasteiger partial charge in [-0.15, -0.1) is 0 Å². The third kappa shape index (κ3) is 9710. The molecule has 0 aromatic rings. The standard InChI is InChI=1S/5C3H6O.Zr/c5*1-3(2)4;/h5*1-2H3;. The molecule has 0 saturated carbocycles. The van der Waals surface area contributed by atoms with Crippen molar-refractivity contribution in [3.63, 3.8) is 0 Å². The summed E-state index contributed by atoms with van der Waals surface area (Å²) in [5.41, 5.74) is 0. The molecule has 5 nitrogen and oxygen atoms in total. The Kier molecular flexibility index (Phi) is 55.5. The first-order valence-corrected chi connectivity index (χ1v) is 6.02. The largest absolute Gasteiger partial charge is 0.300 e. The smallest absolute Gasteiger partial charge is 0.126 e. The third-order valence-electron chi connectivity index (χ3n) is 0. The Labute approximate surface area is 148 Å². The van der Waals surface area contributed by atoms with E-state index in [0.29, 0.717) is 0 Å². The van der Waals surface area contributed by atoms with Gasteiger partial charge in [0, 0.05) is 26.2 Å². The van der Waals surface area contributed by atoms with Crippen LogP contribution in [-0.4, -0.2) is 28.9 Å². The van der Waals surface area contributed by atoms with Crippen LogP contribution in [0.4, 0.5) is 0 Å². The molecule has 0 heterocycles. The van der Waals surface area contributed by atoms with Gasteiger partial charge in [-0.2, -0.15) is 0 Å². The summed E-state index contributed by atoms with van der Waals surface area (Å²) >= 11 is 0. The quantitative estimate of drug-likeness (QED) is 0.644. The van der Waals surface area contributed by atoms with Gasteiger partial charge in [-0.1, -0.05) is 0 Å². The molecule has 0 aliphatic heterocycles. The van der Waals surface area contributed by atoms with Gasteiger partial charge in [-0.3, -0.25) is 0 Å². The number of carbonyl (C=O) groups is 5. The summed E-state index contributed by atoms with van der Waals surface area (Å²) in [6.07, 6.45) is 0. The monoisotopic (exact) mass is 380 g/mol. The Bertz CT molecular complexity index is 207. The molecule has 0 aliphatic rings. The van der Waals surface area contributed by atoms with E-state index in [4.69, 9.17) is 0 Å². The van der Waals surface area contributed by atoms with Crippen LogP contribution in [0.1, 0.15) is 69.2 Å². The minimum Gasteiger partial charge on any atom is -0.300 e. The van der Waals surface area contributed by atoms with E-state index in [0.717, 1.165) is 0 Å². The zero-order chi connectivity index (χ0) is 17.9. The summed E-state index contributed by atoms with van der Waals surface area (Å²) in [4.78, 5) is 47.2. The number of hydrogen-bond acceptors (Lipinski definition) is 5. The van der Waals surface area contributed by atoms with Crippen LogP contribution >= 0.6 is 0 Å². The van der Waals surface area contributed by atoms with Gasteiger partial charge in [0.25, 0.3) is 0 Å². The Balaban J connectivity index is -0.0000000331. The fraction of sp³-hybridized carbons (Fsp3) is 0.667. The van der Waals surface area contributed by atoms with Crippen molar-refractivity contribution in [2.45, 2.75) is 69.2 Å². The van der Waals surface area contributed by atoms with E-state index in [1.807, 2.05) is 0 Å². The van der Waals surface area contributed by atoms with Crippen molar-refractivity contribution < 1.29 is 50.2 Å². The zero-order valence-corrected chi connectivity index (χ0v) is 17.5. The second-order valence-corrected chi connectivity index (χ2v) is 4.54. The number of rotatable bonds is 0. The van der Waals surface area contributed by atoms with Crippen molar-refractivity contribution in [3.05, 3.63) is 0 Å². The average Bonchev–Trinajstić information content (AvgIpc) is 1.94. The van der Waals surface area contributed by atoms with Gasteiger partial charge in [0.2, 0.25) is 0 Å². The van der Waals surface area contributed by atoms with E-state index in [1.165, 1.54) is 69.2 Å². The van der Waals surface area contributed by atoms with Crippen molar-refractivity contribution in [1.82, 2.24) is 0 Å². The molecule has 0 atom stereocenters. The molecule has 0 amide bonds. The second kappa shape index (κ2) is 31.6. The van der Waals surface area contributed by atoms with Crippen LogP contribution in [0.15, 0.2) is 0 Å². The van der Waals surface area contributed by atoms with Gasteiger partial charge in [-0.05, 0) is 69.2 Å². The average molecular weight is 382 g/mol. The Morgan fingerprint density at radius 3 is 0.333 bits per heavy atom. The molecule has 0 fully saturated rings. The van der Waals surface area contributed by atoms with E-state index in [2.05, 4.69) is 0 Å². The minimum atomic E-state index is 0. The van der Waals surface area contributed by atoms with Crippen LogP contribution in [0.5, 0.6) is 0 Å². The van der Waals surface area contributed by atoms with E-state index >= 15 is 0 Å². The summed E-state index contributed by atoms with van der Waals surface area (Å²) in [6.45, 7) is 15.3. The van der Waals surface area contributed by atoms with Gasteiger partial charge >= 0.3 is 0 Å². The third-order valence-corrected chi connectivity index (χ3v) is 0. The molecule has 21 heavy (non-hydrogen) atoms. The Morgan fingerprint density at radius 2 is 0.333 bits per heavy atom. The van der Waals surface area contributed by atoms with Crippen molar-refractivity contribution in [1.29, 1.82) is 0 Å². The second-order valence-electron chi connectivity index (χ2n) is 4.54. The predicted molar refractivity (Wildman–Crippen MR) is 81.8 cm³/mol. The van der Waals surface area contributed by atoms with Gasteiger partial charge in [0.05, 0.1) is 0 Å². The van der Waals surface area contributed by atoms with Crippen LogP contribution in [-0.2, 0) is 50.2 Å². The maximum Gasteiger partial charge on any atom is 0.126 e. The zero-order valence-electron chi connectivity index (χ0n) is 15.0. The fourth-order valence-electron chi connectivity index (χ4n) is 0. The van der Waals surface area contributed by atoms with E-state index in [9.17, 15) is 24.0 Å². The number of Topliss-reactive ketones (excluding diaryl/α,β-unsaturated/α-hetero) is 5. The Morgan fingerprint density at radius 1 is 0.333 bits per heavy atom. The first-order valence-electron chi connectivity index (χ1n) is 6.02. The molecule has 124 valence electrons. The Hall–Kier alpha value is -0.767. The van der Waals surface area contributed by atoms with Crippen LogP contribution in [0.25, 0.3) is 0 Å². The molecule has 6 heteroatoms. The first-order chi connectivity index (χ1) is 8.66. The van der Waals surface area contributed by atoms with Crippen LogP contribution < -0.4 is 0 Å². The minimum absolute atomic E-state index is 0. The summed E-state index contributed by atoms with van der Waals surface area (Å²) in [6, 6.07) is 0. The van der Waals surface area contributed by atoms with E-state index in [-0.39, 0.29) is 55.1 Å². The molecule has 0 N–H and O–H groups in total. The van der Waals surface area contributed by atoms with Crippen LogP contribution in [0, 0.1) is 0 Å². The maximum absolute atomic E-state index is 9.44. The topological polar surface area (TPSA) is 85.3 Å². The number of carbonyl (C=O) groups excluding carboxylic acids is 5. The van der Waals surface area contributed by atoms with Gasteiger partial charge in [0.1, 0.15) is 28.9 Å². The molecule has 0 bridgehead atoms. The fourth-order valence-corrected chi connectivity index (χ4v) is 0. The maximum atomic E-state index is 9.44. The molecule has 0 aromatic carbocycles. The normalized spacial score (nSPS) is 6.19. The molecule has 0 saturated heterocycles. The molecular formula is C15H30O5Zr. The molecule has 0 aliphatic carbocycles. The molecular weight excluding hydrogens is 351 g/mol. The van der Waals surface area contributed by atoms with E-state index < -0.39 is 0 Å². The molecule has 0 aromatic heterocycles. The van der Waals surface area contributed by atoms with Crippen molar-refractivity contribution in [2.24, 2.45) is 0 Å². The van der Waals surface area contributed by atoms with Gasteiger partial charge in [0.15, 0.2) is 0 Å². The molecule has 0 unspecified atom stereocenters. The van der Waals surface area contributed by atoms with Gasteiger partial charge in [-0.25, -0.2) is 0 Å². The van der Waals surface area contributed by atoms with Crippen LogP contribution in [0.2, 0.25) is 0 Å². The van der Waals surface area contributed by atoms with Crippen LogP contribution in [0.3, 0.4) is 0 Å². The molecule has 0 rings (SSSR count). The molecule has 0 spiro atoms. The summed E-state index contributed by atoms with van der Waals surface area (Å²) in [5.74, 6) is 0.833. The predicted octanol–water partition coefficient (Wildman–Crippen LogP) is 2.97. The van der Waals surface area contributed by atoms with Crippen molar-refractivity contribution in [3.8, 4) is 0 Å². The number of hydrogen-bond donors (Lipinski definition) is 0. The molecule has 0 radical (unpaired) electrons. The van der Waals surface area contributed by atoms with Gasteiger partial charge < -0.3 is 24.0 Å². The van der Waals surface area contributed by atoms with Crippen molar-refractivity contribution in [2.75, 3.05) is 0 Å². The van der Waals surface area contributed by atoms with Crippen molar-refractivity contribution >= 4 is 28.9 Å². The summed E-state index contributed by atoms with van der Waals surface area (Å²) in [5, 5.41) is 0. The summed E-state index contributed by atoms with van der Waals surface area (Å²) in [7, 11) is 0.